The topological polar surface area (TPSA) is 12.0 Å². The minimum absolute atomic E-state index is 1.14. The largest absolute Gasteiger partial charge is 0.355 e. The number of anilines is 2. The normalized spacial score (nSPS) is 13.8. The molecule has 0 fully saturated rings. The van der Waals surface area contributed by atoms with Crippen molar-refractivity contribution in [1.29, 1.82) is 0 Å². The second kappa shape index (κ2) is 8.55. The van der Waals surface area contributed by atoms with E-state index in [1.807, 2.05) is 6.07 Å². The zero-order valence-electron chi connectivity index (χ0n) is 15.6. The predicted octanol–water partition coefficient (Wildman–Crippen LogP) is 7.04. The van der Waals surface area contributed by atoms with Crippen LogP contribution in [0.5, 0.6) is 0 Å². The fraction of sp³-hybridized carbons (Fsp3) is 0.154. The molecule has 0 atom stereocenters. The summed E-state index contributed by atoms with van der Waals surface area (Å²) in [4.78, 5) is 0. The summed E-state index contributed by atoms with van der Waals surface area (Å²) in [5, 5.41) is 3.61. The molecule has 134 valence electrons. The first kappa shape index (κ1) is 17.4. The quantitative estimate of drug-likeness (QED) is 0.486. The molecular formula is C26H25N. The van der Waals surface area contributed by atoms with Gasteiger partial charge >= 0.3 is 0 Å². The lowest BCUT2D eigenvalue weighted by Crippen LogP contribution is -2.06. The van der Waals surface area contributed by atoms with Gasteiger partial charge < -0.3 is 5.32 Å². The number of nitrogens with one attached hydrogen (secondary N) is 1. The van der Waals surface area contributed by atoms with Crippen molar-refractivity contribution in [2.45, 2.75) is 25.7 Å². The van der Waals surface area contributed by atoms with Crippen molar-refractivity contribution in [2.75, 3.05) is 5.32 Å². The summed E-state index contributed by atoms with van der Waals surface area (Å²) in [5.41, 5.74) is 7.84. The third-order valence-corrected chi connectivity index (χ3v) is 5.07. The van der Waals surface area contributed by atoms with Crippen molar-refractivity contribution in [3.8, 4) is 0 Å². The summed E-state index contributed by atoms with van der Waals surface area (Å²) >= 11 is 0. The number of hydrogen-bond acceptors (Lipinski definition) is 1. The molecule has 0 saturated carbocycles. The molecule has 0 unspecified atom stereocenters. The van der Waals surface area contributed by atoms with E-state index in [9.17, 15) is 0 Å². The average molecular weight is 351 g/mol. The first-order valence-electron chi connectivity index (χ1n) is 9.76. The molecule has 0 aromatic heterocycles. The fourth-order valence-corrected chi connectivity index (χ4v) is 3.63. The Labute approximate surface area is 162 Å². The van der Waals surface area contributed by atoms with Crippen molar-refractivity contribution >= 4 is 23.5 Å². The average Bonchev–Trinajstić information content (AvgIpc) is 2.73. The third kappa shape index (κ3) is 4.57. The van der Waals surface area contributed by atoms with E-state index in [1.165, 1.54) is 53.6 Å². The smallest absolute Gasteiger partial charge is 0.0419 e. The molecule has 0 saturated heterocycles. The summed E-state index contributed by atoms with van der Waals surface area (Å²) in [6.07, 6.45) is 13.4. The molecule has 1 nitrogen and oxygen atoms in total. The lowest BCUT2D eigenvalue weighted by atomic mass is 9.90. The van der Waals surface area contributed by atoms with Crippen molar-refractivity contribution in [3.05, 3.63) is 107 Å². The molecule has 0 heterocycles. The van der Waals surface area contributed by atoms with E-state index < -0.39 is 0 Å². The molecule has 3 aromatic carbocycles. The Morgan fingerprint density at radius 1 is 0.630 bits per heavy atom. The zero-order valence-corrected chi connectivity index (χ0v) is 15.6. The lowest BCUT2D eigenvalue weighted by Gasteiger charge is -2.20. The zero-order chi connectivity index (χ0) is 18.3. The van der Waals surface area contributed by atoms with Crippen molar-refractivity contribution in [2.24, 2.45) is 0 Å². The molecule has 1 aliphatic carbocycles. The van der Waals surface area contributed by atoms with Crippen molar-refractivity contribution in [3.63, 3.8) is 0 Å². The van der Waals surface area contributed by atoms with E-state index in [-0.39, 0.29) is 0 Å². The number of rotatable bonds is 5. The number of benzene rings is 3. The summed E-state index contributed by atoms with van der Waals surface area (Å²) in [6.45, 7) is 0. The van der Waals surface area contributed by atoms with E-state index in [0.29, 0.717) is 0 Å². The molecule has 1 aliphatic rings. The van der Waals surface area contributed by atoms with Gasteiger partial charge in [0.25, 0.3) is 0 Å². The van der Waals surface area contributed by atoms with Gasteiger partial charge in [-0.25, -0.2) is 0 Å². The van der Waals surface area contributed by atoms with Crippen LogP contribution < -0.4 is 5.32 Å². The van der Waals surface area contributed by atoms with Crippen LogP contribution in [0.1, 0.15) is 35.1 Å². The van der Waals surface area contributed by atoms with Crippen LogP contribution in [0, 0.1) is 0 Å². The third-order valence-electron chi connectivity index (χ3n) is 5.07. The van der Waals surface area contributed by atoms with Crippen LogP contribution in [0.25, 0.3) is 12.2 Å². The monoisotopic (exact) mass is 351 g/mol. The Hall–Kier alpha value is -3.06. The van der Waals surface area contributed by atoms with Crippen LogP contribution in [0.15, 0.2) is 84.9 Å². The van der Waals surface area contributed by atoms with Crippen LogP contribution >= 0.6 is 0 Å². The van der Waals surface area contributed by atoms with Gasteiger partial charge in [-0.2, -0.15) is 0 Å². The van der Waals surface area contributed by atoms with E-state index in [2.05, 4.69) is 96.4 Å². The van der Waals surface area contributed by atoms with E-state index in [4.69, 9.17) is 0 Å². The predicted molar refractivity (Wildman–Crippen MR) is 117 cm³/mol. The maximum atomic E-state index is 3.61. The molecule has 27 heavy (non-hydrogen) atoms. The Bertz CT molecular complexity index is 934. The van der Waals surface area contributed by atoms with Gasteiger partial charge in [-0.05, 0) is 66.1 Å². The van der Waals surface area contributed by atoms with Gasteiger partial charge in [0.2, 0.25) is 0 Å². The molecule has 0 bridgehead atoms. The highest BCUT2D eigenvalue weighted by Gasteiger charge is 2.12. The first-order chi connectivity index (χ1) is 13.4. The van der Waals surface area contributed by atoms with Crippen LogP contribution in [0.4, 0.5) is 11.4 Å². The molecule has 0 aliphatic heterocycles. The molecule has 1 heteroatoms. The lowest BCUT2D eigenvalue weighted by molar-refractivity contribution is 0.687. The van der Waals surface area contributed by atoms with Gasteiger partial charge in [-0.15, -0.1) is 0 Å². The van der Waals surface area contributed by atoms with Gasteiger partial charge in [0.1, 0.15) is 0 Å². The molecule has 0 amide bonds. The maximum absolute atomic E-state index is 3.61. The molecule has 0 spiro atoms. The van der Waals surface area contributed by atoms with Crippen LogP contribution in [0.3, 0.4) is 0 Å². The van der Waals surface area contributed by atoms with Crippen molar-refractivity contribution < 1.29 is 0 Å². The van der Waals surface area contributed by atoms with Crippen molar-refractivity contribution in [1.82, 2.24) is 0 Å². The van der Waals surface area contributed by atoms with E-state index in [1.54, 1.807) is 0 Å². The second-order valence-electron chi connectivity index (χ2n) is 7.03. The maximum Gasteiger partial charge on any atom is 0.0419 e. The van der Waals surface area contributed by atoms with Gasteiger partial charge in [0, 0.05) is 11.4 Å². The molecule has 1 N–H and O–H groups in total. The standard InChI is InChI=1S/C26H25N/c1-2-9-21(10-3-1)11-4-5-12-22-17-19-24(20-18-22)27-26-16-8-14-23-13-6-7-15-25(23)26/h1-5,8-12,14,16-20,27H,6-7,13,15H2/b11-4+,12-5+. The number of allylic oxidation sites excluding steroid dienone is 2. The molecular weight excluding hydrogens is 326 g/mol. The minimum atomic E-state index is 1.14. The van der Waals surface area contributed by atoms with Gasteiger partial charge in [0.15, 0.2) is 0 Å². The summed E-state index contributed by atoms with van der Waals surface area (Å²) in [5.74, 6) is 0. The second-order valence-corrected chi connectivity index (χ2v) is 7.03. The SMILES string of the molecule is C(/C=C/c1ccc(Nc2cccc3c2CCCC3)cc1)=C\c1ccccc1. The number of hydrogen-bond donors (Lipinski definition) is 1. The molecule has 4 rings (SSSR count). The summed E-state index contributed by atoms with van der Waals surface area (Å²) in [6, 6.07) is 25.6. The minimum Gasteiger partial charge on any atom is -0.355 e. The Morgan fingerprint density at radius 3 is 2.11 bits per heavy atom. The highest BCUT2D eigenvalue weighted by atomic mass is 14.9. The Balaban J connectivity index is 1.41. The number of aryl methyl sites for hydroxylation is 1. The van der Waals surface area contributed by atoms with Crippen LogP contribution in [-0.2, 0) is 12.8 Å². The summed E-state index contributed by atoms with van der Waals surface area (Å²) < 4.78 is 0. The number of fused-ring (bicyclic) bond motifs is 1. The first-order valence-corrected chi connectivity index (χ1v) is 9.76. The van der Waals surface area contributed by atoms with Gasteiger partial charge in [-0.1, -0.05) is 78.9 Å². The summed E-state index contributed by atoms with van der Waals surface area (Å²) in [7, 11) is 0. The highest BCUT2D eigenvalue weighted by Crippen LogP contribution is 2.30. The molecule has 0 radical (unpaired) electrons. The Morgan fingerprint density at radius 2 is 1.33 bits per heavy atom. The van der Waals surface area contributed by atoms with Gasteiger partial charge in [-0.3, -0.25) is 0 Å². The fourth-order valence-electron chi connectivity index (χ4n) is 3.63. The van der Waals surface area contributed by atoms with Crippen LogP contribution in [-0.4, -0.2) is 0 Å². The van der Waals surface area contributed by atoms with Crippen LogP contribution in [0.2, 0.25) is 0 Å². The highest BCUT2D eigenvalue weighted by molar-refractivity contribution is 5.67. The molecule has 3 aromatic rings. The van der Waals surface area contributed by atoms with Gasteiger partial charge in [0.05, 0.1) is 0 Å². The van der Waals surface area contributed by atoms with E-state index in [0.717, 1.165) is 5.69 Å². The van der Waals surface area contributed by atoms with E-state index >= 15 is 0 Å². The Kier molecular flexibility index (Phi) is 5.50.